The summed E-state index contributed by atoms with van der Waals surface area (Å²) in [7, 11) is 1.71. The molecule has 14 heavy (non-hydrogen) atoms. The van der Waals surface area contributed by atoms with Gasteiger partial charge in [0.15, 0.2) is 0 Å². The van der Waals surface area contributed by atoms with Crippen molar-refractivity contribution in [2.24, 2.45) is 0 Å². The molecule has 74 valence electrons. The van der Waals surface area contributed by atoms with Crippen molar-refractivity contribution in [3.8, 4) is 5.75 Å². The largest absolute Gasteiger partial charge is 0.496 e. The minimum atomic E-state index is 0.946. The smallest absolute Gasteiger partial charge is 0.123 e. The number of rotatable bonds is 2. The van der Waals surface area contributed by atoms with Crippen molar-refractivity contribution in [3.63, 3.8) is 0 Å². The van der Waals surface area contributed by atoms with Gasteiger partial charge >= 0.3 is 0 Å². The summed E-state index contributed by atoms with van der Waals surface area (Å²) in [6.07, 6.45) is 1.04. The van der Waals surface area contributed by atoms with Gasteiger partial charge < -0.3 is 9.72 Å². The maximum absolute atomic E-state index is 5.28. The molecule has 1 heterocycles. The third-order valence-corrected chi connectivity index (χ3v) is 2.66. The van der Waals surface area contributed by atoms with Gasteiger partial charge in [-0.15, -0.1) is 0 Å². The number of aromatic nitrogens is 1. The number of H-pyrrole nitrogens is 1. The minimum Gasteiger partial charge on any atom is -0.496 e. The summed E-state index contributed by atoms with van der Waals surface area (Å²) in [6, 6.07) is 6.31. The van der Waals surface area contributed by atoms with Crippen LogP contribution >= 0.6 is 0 Å². The lowest BCUT2D eigenvalue weighted by atomic mass is 10.1. The third kappa shape index (κ3) is 1.27. The quantitative estimate of drug-likeness (QED) is 0.771. The molecule has 2 rings (SSSR count). The molecule has 0 bridgehead atoms. The highest BCUT2D eigenvalue weighted by atomic mass is 16.5. The number of hydrogen-bond donors (Lipinski definition) is 1. The number of benzene rings is 1. The molecule has 0 unspecified atom stereocenters. The molecular weight excluding hydrogens is 174 g/mol. The summed E-state index contributed by atoms with van der Waals surface area (Å²) in [5.41, 5.74) is 3.65. The molecule has 0 radical (unpaired) electrons. The summed E-state index contributed by atoms with van der Waals surface area (Å²) in [6.45, 7) is 4.23. The minimum absolute atomic E-state index is 0.946. The molecule has 0 saturated carbocycles. The van der Waals surface area contributed by atoms with Crippen LogP contribution in [0.3, 0.4) is 0 Å². The number of aryl methyl sites for hydroxylation is 2. The summed E-state index contributed by atoms with van der Waals surface area (Å²) in [5.74, 6) is 0.946. The zero-order chi connectivity index (χ0) is 10.1. The van der Waals surface area contributed by atoms with Gasteiger partial charge in [-0.25, -0.2) is 0 Å². The molecule has 0 fully saturated rings. The summed E-state index contributed by atoms with van der Waals surface area (Å²) in [5, 5.41) is 1.26. The van der Waals surface area contributed by atoms with E-state index in [9.17, 15) is 0 Å². The van der Waals surface area contributed by atoms with Gasteiger partial charge in [-0.3, -0.25) is 0 Å². The van der Waals surface area contributed by atoms with Crippen LogP contribution in [0.4, 0.5) is 0 Å². The molecule has 0 aliphatic heterocycles. The van der Waals surface area contributed by atoms with Crippen LogP contribution in [0.15, 0.2) is 18.2 Å². The predicted molar refractivity (Wildman–Crippen MR) is 59.0 cm³/mol. The number of hydrogen-bond acceptors (Lipinski definition) is 1. The van der Waals surface area contributed by atoms with Gasteiger partial charge in [0.25, 0.3) is 0 Å². The van der Waals surface area contributed by atoms with Crippen molar-refractivity contribution in [1.82, 2.24) is 4.98 Å². The first-order valence-electron chi connectivity index (χ1n) is 4.91. The fraction of sp³-hybridized carbons (Fsp3) is 0.333. The van der Waals surface area contributed by atoms with Crippen molar-refractivity contribution in [2.45, 2.75) is 20.3 Å². The lowest BCUT2D eigenvalue weighted by molar-refractivity contribution is 0.412. The number of fused-ring (bicyclic) bond motifs is 1. The van der Waals surface area contributed by atoms with Gasteiger partial charge in [-0.05, 0) is 31.5 Å². The fourth-order valence-corrected chi connectivity index (χ4v) is 1.80. The zero-order valence-corrected chi connectivity index (χ0v) is 8.85. The Balaban J connectivity index is 2.68. The first-order valence-corrected chi connectivity index (χ1v) is 4.91. The van der Waals surface area contributed by atoms with Crippen LogP contribution in [0.5, 0.6) is 5.75 Å². The van der Waals surface area contributed by atoms with E-state index in [-0.39, 0.29) is 0 Å². The molecule has 0 atom stereocenters. The Kier molecular flexibility index (Phi) is 2.20. The first kappa shape index (κ1) is 9.13. The lowest BCUT2D eigenvalue weighted by Gasteiger charge is -2.04. The van der Waals surface area contributed by atoms with E-state index in [2.05, 4.69) is 31.0 Å². The second kappa shape index (κ2) is 3.37. The summed E-state index contributed by atoms with van der Waals surface area (Å²) < 4.78 is 5.28. The van der Waals surface area contributed by atoms with E-state index in [0.29, 0.717) is 0 Å². The van der Waals surface area contributed by atoms with E-state index in [0.717, 1.165) is 12.2 Å². The Bertz CT molecular complexity index is 457. The SMILES string of the molecule is CCc1cc2ccc(OC)c(C)c2[nH]1. The van der Waals surface area contributed by atoms with Crippen LogP contribution in [0.1, 0.15) is 18.2 Å². The van der Waals surface area contributed by atoms with Crippen LogP contribution in [-0.2, 0) is 6.42 Å². The maximum atomic E-state index is 5.28. The Morgan fingerprint density at radius 2 is 2.14 bits per heavy atom. The Morgan fingerprint density at radius 1 is 1.36 bits per heavy atom. The van der Waals surface area contributed by atoms with E-state index in [1.807, 2.05) is 6.07 Å². The highest BCUT2D eigenvalue weighted by molar-refractivity contribution is 5.85. The molecule has 2 aromatic rings. The number of nitrogens with one attached hydrogen (secondary N) is 1. The van der Waals surface area contributed by atoms with Gasteiger partial charge in [0.1, 0.15) is 5.75 Å². The van der Waals surface area contributed by atoms with Crippen molar-refractivity contribution < 1.29 is 4.74 Å². The zero-order valence-electron chi connectivity index (χ0n) is 8.85. The third-order valence-electron chi connectivity index (χ3n) is 2.66. The van der Waals surface area contributed by atoms with Crippen molar-refractivity contribution in [3.05, 3.63) is 29.5 Å². The second-order valence-corrected chi connectivity index (χ2v) is 3.51. The van der Waals surface area contributed by atoms with E-state index in [1.54, 1.807) is 7.11 Å². The highest BCUT2D eigenvalue weighted by Gasteiger charge is 2.06. The standard InChI is InChI=1S/C12H15NO/c1-4-10-7-9-5-6-11(14-3)8(2)12(9)13-10/h5-7,13H,4H2,1-3H3. The van der Waals surface area contributed by atoms with Gasteiger partial charge in [0.2, 0.25) is 0 Å². The monoisotopic (exact) mass is 189 g/mol. The average molecular weight is 189 g/mol. The molecule has 2 heteroatoms. The van der Waals surface area contributed by atoms with Gasteiger partial charge in [0, 0.05) is 16.6 Å². The van der Waals surface area contributed by atoms with Crippen LogP contribution in [0, 0.1) is 6.92 Å². The van der Waals surface area contributed by atoms with E-state index in [4.69, 9.17) is 4.74 Å². The van der Waals surface area contributed by atoms with Gasteiger partial charge in [0.05, 0.1) is 12.6 Å². The van der Waals surface area contributed by atoms with Crippen LogP contribution < -0.4 is 4.74 Å². The molecule has 1 aromatic heterocycles. The molecule has 2 nitrogen and oxygen atoms in total. The fourth-order valence-electron chi connectivity index (χ4n) is 1.80. The Labute approximate surface area is 83.9 Å². The molecule has 0 aliphatic carbocycles. The van der Waals surface area contributed by atoms with Gasteiger partial charge in [-0.2, -0.15) is 0 Å². The molecule has 0 aliphatic rings. The van der Waals surface area contributed by atoms with Crippen molar-refractivity contribution in [2.75, 3.05) is 7.11 Å². The molecule has 0 spiro atoms. The number of methoxy groups -OCH3 is 1. The van der Waals surface area contributed by atoms with E-state index in [1.165, 1.54) is 22.2 Å². The summed E-state index contributed by atoms with van der Waals surface area (Å²) >= 11 is 0. The molecule has 0 saturated heterocycles. The van der Waals surface area contributed by atoms with Crippen LogP contribution in [0.2, 0.25) is 0 Å². The second-order valence-electron chi connectivity index (χ2n) is 3.51. The molecular formula is C12H15NO. The first-order chi connectivity index (χ1) is 6.76. The Morgan fingerprint density at radius 3 is 2.79 bits per heavy atom. The average Bonchev–Trinajstić information content (AvgIpc) is 2.62. The van der Waals surface area contributed by atoms with Gasteiger partial charge in [-0.1, -0.05) is 6.92 Å². The molecule has 1 N–H and O–H groups in total. The normalized spacial score (nSPS) is 10.8. The number of ether oxygens (including phenoxy) is 1. The summed E-state index contributed by atoms with van der Waals surface area (Å²) in [4.78, 5) is 3.41. The maximum Gasteiger partial charge on any atom is 0.123 e. The molecule has 0 amide bonds. The number of aromatic amines is 1. The van der Waals surface area contributed by atoms with Crippen LogP contribution in [0.25, 0.3) is 10.9 Å². The lowest BCUT2D eigenvalue weighted by Crippen LogP contribution is -1.87. The van der Waals surface area contributed by atoms with Crippen molar-refractivity contribution in [1.29, 1.82) is 0 Å². The Hall–Kier alpha value is -1.44. The highest BCUT2D eigenvalue weighted by Crippen LogP contribution is 2.27. The van der Waals surface area contributed by atoms with Crippen molar-refractivity contribution >= 4 is 10.9 Å². The molecule has 1 aromatic carbocycles. The van der Waals surface area contributed by atoms with Crippen LogP contribution in [-0.4, -0.2) is 12.1 Å². The van der Waals surface area contributed by atoms with E-state index < -0.39 is 0 Å². The predicted octanol–water partition coefficient (Wildman–Crippen LogP) is 3.05. The topological polar surface area (TPSA) is 25.0 Å². The van der Waals surface area contributed by atoms with E-state index >= 15 is 0 Å².